The third kappa shape index (κ3) is 5.71. The minimum absolute atomic E-state index is 0.640. The molecule has 0 spiro atoms. The average Bonchev–Trinajstić information content (AvgIpc) is 3.75. The second-order valence-corrected chi connectivity index (χ2v) is 18.2. The smallest absolute Gasteiger partial charge is 0.164 e. The molecule has 0 N–H and O–H groups in total. The topological polar surface area (TPSA) is 38.7 Å². The van der Waals surface area contributed by atoms with Crippen LogP contribution in [0.5, 0.6) is 0 Å². The van der Waals surface area contributed by atoms with Crippen molar-refractivity contribution in [1.82, 2.24) is 15.0 Å². The molecule has 14 aromatic rings. The van der Waals surface area contributed by atoms with Crippen molar-refractivity contribution in [1.29, 1.82) is 0 Å². The zero-order valence-corrected chi connectivity index (χ0v) is 35.8. The van der Waals surface area contributed by atoms with Gasteiger partial charge in [0.1, 0.15) is 0 Å². The number of nitrogens with zero attached hydrogens (tertiary/aromatic N) is 3. The van der Waals surface area contributed by atoms with E-state index in [4.69, 9.17) is 15.0 Å². The molecular formula is C61H35N3S. The van der Waals surface area contributed by atoms with Crippen molar-refractivity contribution in [2.45, 2.75) is 0 Å². The Morgan fingerprint density at radius 3 is 1.34 bits per heavy atom. The number of thiophene rings is 1. The SMILES string of the molecule is c1ccc(-c2nc(-c3cccc(-c4cccc(-c5cc6ccc7cccc8c9cccc%10ccc%11cccc(c(c5)c6c78)c%11c%109)c4)c3)nc(-c3ccc4c(c3)sc3ccccc34)n2)cc1. The van der Waals surface area contributed by atoms with Crippen LogP contribution in [-0.4, -0.2) is 15.0 Å². The first-order chi connectivity index (χ1) is 32.2. The Kier molecular flexibility index (Phi) is 7.85. The van der Waals surface area contributed by atoms with Crippen LogP contribution < -0.4 is 0 Å². The summed E-state index contributed by atoms with van der Waals surface area (Å²) < 4.78 is 2.49. The standard InChI is InChI=1S/C61H35N3S/c1-2-11-39(12-3-1)59-62-60(64-61(63-59)45-29-30-48-47-20-4-5-24-53(47)65-54(48)35-45)44-19-7-17-41(32-44)40-16-6-18-42(31-40)46-33-43-28-27-38-14-9-22-50-49-21-8-13-36-25-26-37-15-10-23-51(57(37)55(36)49)52(34-46)58(43)56(38)50/h1-35H. The number of hydrogen-bond acceptors (Lipinski definition) is 4. The summed E-state index contributed by atoms with van der Waals surface area (Å²) in [6.07, 6.45) is 0. The van der Waals surface area contributed by atoms with E-state index >= 15 is 0 Å². The fraction of sp³-hybridized carbons (Fsp3) is 0. The van der Waals surface area contributed by atoms with Crippen LogP contribution in [0.3, 0.4) is 0 Å². The van der Waals surface area contributed by atoms with Gasteiger partial charge in [-0.25, -0.2) is 15.0 Å². The quantitative estimate of drug-likeness (QED) is 0.162. The van der Waals surface area contributed by atoms with Crippen molar-refractivity contribution in [2.75, 3.05) is 0 Å². The Hall–Kier alpha value is -8.31. The number of aromatic nitrogens is 3. The van der Waals surface area contributed by atoms with Crippen molar-refractivity contribution in [3.05, 3.63) is 212 Å². The number of rotatable bonds is 5. The minimum atomic E-state index is 0.640. The van der Waals surface area contributed by atoms with Gasteiger partial charge in [0.2, 0.25) is 0 Å². The molecular weight excluding hydrogens is 807 g/mol. The molecule has 3 nitrogen and oxygen atoms in total. The summed E-state index contributed by atoms with van der Waals surface area (Å²) in [5, 5.41) is 17.9. The van der Waals surface area contributed by atoms with Crippen LogP contribution in [0.25, 0.3) is 141 Å². The highest BCUT2D eigenvalue weighted by Gasteiger charge is 2.18. The molecule has 0 saturated heterocycles. The maximum absolute atomic E-state index is 5.18. The van der Waals surface area contributed by atoms with Gasteiger partial charge in [0.25, 0.3) is 0 Å². The van der Waals surface area contributed by atoms with Gasteiger partial charge in [-0.3, -0.25) is 0 Å². The Labute approximate surface area is 377 Å². The van der Waals surface area contributed by atoms with E-state index in [1.807, 2.05) is 18.2 Å². The molecule has 0 fully saturated rings. The molecule has 12 aromatic carbocycles. The molecule has 0 saturated carbocycles. The molecule has 0 bridgehead atoms. The lowest BCUT2D eigenvalue weighted by molar-refractivity contribution is 1.07. The summed E-state index contributed by atoms with van der Waals surface area (Å²) in [6.45, 7) is 0. The molecule has 0 aliphatic heterocycles. The zero-order valence-electron chi connectivity index (χ0n) is 35.0. The Bertz CT molecular complexity index is 4240. The molecule has 2 aromatic heterocycles. The number of benzene rings is 11. The van der Waals surface area contributed by atoms with E-state index < -0.39 is 0 Å². The van der Waals surface area contributed by atoms with Gasteiger partial charge in [-0.15, -0.1) is 11.3 Å². The predicted octanol–water partition coefficient (Wildman–Crippen LogP) is 16.9. The van der Waals surface area contributed by atoms with E-state index in [0.29, 0.717) is 17.5 Å². The first-order valence-corrected chi connectivity index (χ1v) is 22.9. The van der Waals surface area contributed by atoms with Gasteiger partial charge in [-0.2, -0.15) is 0 Å². The molecule has 4 heteroatoms. The maximum Gasteiger partial charge on any atom is 0.164 e. The van der Waals surface area contributed by atoms with Gasteiger partial charge in [0, 0.05) is 36.9 Å². The van der Waals surface area contributed by atoms with E-state index in [-0.39, 0.29) is 0 Å². The van der Waals surface area contributed by atoms with Crippen molar-refractivity contribution in [2.24, 2.45) is 0 Å². The molecule has 0 aliphatic rings. The van der Waals surface area contributed by atoms with Crippen LogP contribution in [0.2, 0.25) is 0 Å². The Balaban J connectivity index is 0.926. The summed E-state index contributed by atoms with van der Waals surface area (Å²) >= 11 is 1.80. The van der Waals surface area contributed by atoms with Gasteiger partial charge in [0.05, 0.1) is 0 Å². The van der Waals surface area contributed by atoms with Gasteiger partial charge in [-0.1, -0.05) is 176 Å². The van der Waals surface area contributed by atoms with Crippen LogP contribution in [-0.2, 0) is 0 Å². The fourth-order valence-electron chi connectivity index (χ4n) is 10.4. The number of hydrogen-bond donors (Lipinski definition) is 0. The van der Waals surface area contributed by atoms with Gasteiger partial charge < -0.3 is 0 Å². The van der Waals surface area contributed by atoms with Gasteiger partial charge in [-0.05, 0) is 123 Å². The van der Waals surface area contributed by atoms with Crippen molar-refractivity contribution >= 4 is 96.1 Å². The first-order valence-electron chi connectivity index (χ1n) is 22.1. The highest BCUT2D eigenvalue weighted by Crippen LogP contribution is 2.45. The lowest BCUT2D eigenvalue weighted by Gasteiger charge is -2.17. The second-order valence-electron chi connectivity index (χ2n) is 17.1. The largest absolute Gasteiger partial charge is 0.208 e. The summed E-state index contributed by atoms with van der Waals surface area (Å²) in [5.74, 6) is 1.94. The highest BCUT2D eigenvalue weighted by atomic mass is 32.1. The van der Waals surface area contributed by atoms with Crippen molar-refractivity contribution in [3.8, 4) is 56.4 Å². The normalized spacial score (nSPS) is 12.0. The van der Waals surface area contributed by atoms with E-state index in [1.54, 1.807) is 11.3 Å². The van der Waals surface area contributed by atoms with Crippen LogP contribution in [0, 0.1) is 0 Å². The second kappa shape index (κ2) is 14.1. The summed E-state index contributed by atoms with van der Waals surface area (Å²) in [4.78, 5) is 15.4. The predicted molar refractivity (Wildman–Crippen MR) is 276 cm³/mol. The fourth-order valence-corrected chi connectivity index (χ4v) is 11.5. The molecule has 14 rings (SSSR count). The summed E-state index contributed by atoms with van der Waals surface area (Å²) in [6, 6.07) is 77.2. The average molecular weight is 842 g/mol. The zero-order chi connectivity index (χ0) is 42.6. The third-order valence-electron chi connectivity index (χ3n) is 13.4. The number of fused-ring (bicyclic) bond motifs is 5. The van der Waals surface area contributed by atoms with E-state index in [1.165, 1.54) is 90.4 Å². The highest BCUT2D eigenvalue weighted by molar-refractivity contribution is 7.25. The van der Waals surface area contributed by atoms with Crippen LogP contribution in [0.1, 0.15) is 0 Å². The molecule has 0 radical (unpaired) electrons. The summed E-state index contributed by atoms with van der Waals surface area (Å²) in [7, 11) is 0. The van der Waals surface area contributed by atoms with Crippen molar-refractivity contribution in [3.63, 3.8) is 0 Å². The van der Waals surface area contributed by atoms with Gasteiger partial charge >= 0.3 is 0 Å². The van der Waals surface area contributed by atoms with Crippen LogP contribution in [0.4, 0.5) is 0 Å². The Morgan fingerprint density at radius 1 is 0.231 bits per heavy atom. The lowest BCUT2D eigenvalue weighted by Crippen LogP contribution is -2.00. The Morgan fingerprint density at radius 2 is 0.677 bits per heavy atom. The van der Waals surface area contributed by atoms with Gasteiger partial charge in [0.15, 0.2) is 17.5 Å². The lowest BCUT2D eigenvalue weighted by atomic mass is 9.86. The maximum atomic E-state index is 5.18. The molecule has 0 amide bonds. The molecule has 65 heavy (non-hydrogen) atoms. The molecule has 300 valence electrons. The van der Waals surface area contributed by atoms with Crippen LogP contribution >= 0.6 is 11.3 Å². The van der Waals surface area contributed by atoms with Crippen LogP contribution in [0.15, 0.2) is 212 Å². The molecule has 0 aliphatic carbocycles. The third-order valence-corrected chi connectivity index (χ3v) is 14.5. The minimum Gasteiger partial charge on any atom is -0.208 e. The van der Waals surface area contributed by atoms with Crippen molar-refractivity contribution < 1.29 is 0 Å². The molecule has 2 heterocycles. The molecule has 0 atom stereocenters. The summed E-state index contributed by atoms with van der Waals surface area (Å²) in [5.41, 5.74) is 7.43. The van der Waals surface area contributed by atoms with E-state index in [2.05, 4.69) is 194 Å². The monoisotopic (exact) mass is 841 g/mol. The van der Waals surface area contributed by atoms with E-state index in [0.717, 1.165) is 33.4 Å². The molecule has 0 unspecified atom stereocenters. The first kappa shape index (κ1) is 36.2. The van der Waals surface area contributed by atoms with E-state index in [9.17, 15) is 0 Å².